The van der Waals surface area contributed by atoms with Gasteiger partial charge in [0.2, 0.25) is 12.7 Å². The van der Waals surface area contributed by atoms with Gasteiger partial charge in [-0.3, -0.25) is 14.5 Å². The Morgan fingerprint density at radius 1 is 0.953 bits per heavy atom. The molecule has 1 N–H and O–H groups in total. The summed E-state index contributed by atoms with van der Waals surface area (Å²) in [5, 5.41) is 4.56. The minimum absolute atomic E-state index is 0.0668. The van der Waals surface area contributed by atoms with Gasteiger partial charge in [0.25, 0.3) is 5.91 Å². The highest BCUT2D eigenvalue weighted by Crippen LogP contribution is 2.36. The molecular formula is C33H31N5O4S. The van der Waals surface area contributed by atoms with Crippen molar-refractivity contribution in [2.75, 3.05) is 38.3 Å². The number of hydrogen-bond donors (Lipinski definition) is 1. The molecule has 0 radical (unpaired) electrons. The van der Waals surface area contributed by atoms with E-state index >= 15 is 0 Å². The van der Waals surface area contributed by atoms with Crippen LogP contribution in [0.15, 0.2) is 60.8 Å². The molecular weight excluding hydrogens is 562 g/mol. The highest BCUT2D eigenvalue weighted by Gasteiger charge is 2.30. The van der Waals surface area contributed by atoms with Gasteiger partial charge in [0.1, 0.15) is 0 Å². The van der Waals surface area contributed by atoms with E-state index in [1.165, 1.54) is 16.9 Å². The summed E-state index contributed by atoms with van der Waals surface area (Å²) in [7, 11) is 1.99. The van der Waals surface area contributed by atoms with Crippen LogP contribution in [-0.2, 0) is 18.4 Å². The standard InChI is InChI=1S/C33H31N5O4S/c1-36-18-25(32(40)38-12-10-37(11-13-38)17-20-2-9-28-29(14-20)42-19-41-28)24-15-22(6-8-27(24)36)23-5-7-26-30(16-23)43-33(34-26)35-31(39)21-3-4-21/h2,5-9,14-16,18,21H,3-4,10-13,17,19H2,1H3,(H,34,35,39). The molecule has 2 fully saturated rings. The first kappa shape index (κ1) is 26.2. The maximum atomic E-state index is 13.8. The van der Waals surface area contributed by atoms with E-state index < -0.39 is 0 Å². The average Bonchev–Trinajstić information content (AvgIpc) is 3.50. The molecule has 2 amide bonds. The van der Waals surface area contributed by atoms with Crippen LogP contribution in [0, 0.1) is 5.92 Å². The van der Waals surface area contributed by atoms with Gasteiger partial charge in [0, 0.05) is 62.8 Å². The maximum absolute atomic E-state index is 13.8. The Morgan fingerprint density at radius 2 is 1.74 bits per heavy atom. The van der Waals surface area contributed by atoms with E-state index in [4.69, 9.17) is 9.47 Å². The third kappa shape index (κ3) is 5.00. The van der Waals surface area contributed by atoms with E-state index in [0.29, 0.717) is 18.2 Å². The van der Waals surface area contributed by atoms with Gasteiger partial charge < -0.3 is 24.3 Å². The first-order valence-electron chi connectivity index (χ1n) is 14.7. The van der Waals surface area contributed by atoms with Gasteiger partial charge in [-0.15, -0.1) is 0 Å². The highest BCUT2D eigenvalue weighted by molar-refractivity contribution is 7.22. The fourth-order valence-corrected chi connectivity index (χ4v) is 6.94. The Kier molecular flexibility index (Phi) is 6.34. The molecule has 9 nitrogen and oxygen atoms in total. The number of nitrogens with zero attached hydrogens (tertiary/aromatic N) is 4. The number of thiazole rings is 1. The summed E-state index contributed by atoms with van der Waals surface area (Å²) in [6.45, 7) is 4.08. The fourth-order valence-electron chi connectivity index (χ4n) is 6.03. The summed E-state index contributed by atoms with van der Waals surface area (Å²) in [5.74, 6) is 1.87. The van der Waals surface area contributed by atoms with Crippen LogP contribution < -0.4 is 14.8 Å². The lowest BCUT2D eigenvalue weighted by Gasteiger charge is -2.34. The number of fused-ring (bicyclic) bond motifs is 3. The van der Waals surface area contributed by atoms with Gasteiger partial charge in [0.05, 0.1) is 15.8 Å². The van der Waals surface area contributed by atoms with Gasteiger partial charge in [-0.2, -0.15) is 0 Å². The lowest BCUT2D eigenvalue weighted by Crippen LogP contribution is -2.48. The predicted octanol–water partition coefficient (Wildman–Crippen LogP) is 5.49. The number of amides is 2. The third-order valence-electron chi connectivity index (χ3n) is 8.62. The van der Waals surface area contributed by atoms with E-state index in [0.717, 1.165) is 81.8 Å². The number of piperazine rings is 1. The number of anilines is 1. The lowest BCUT2D eigenvalue weighted by atomic mass is 10.0. The first-order valence-corrected chi connectivity index (χ1v) is 15.5. The molecule has 3 aromatic carbocycles. The number of carbonyl (C=O) groups excluding carboxylic acids is 2. The van der Waals surface area contributed by atoms with Gasteiger partial charge in [-0.25, -0.2) is 4.98 Å². The van der Waals surface area contributed by atoms with Crippen LogP contribution >= 0.6 is 11.3 Å². The second-order valence-corrected chi connectivity index (χ2v) is 12.6. The normalized spacial score (nSPS) is 16.7. The zero-order valence-electron chi connectivity index (χ0n) is 23.8. The van der Waals surface area contributed by atoms with Gasteiger partial charge in [0.15, 0.2) is 16.6 Å². The van der Waals surface area contributed by atoms with E-state index in [1.54, 1.807) is 0 Å². The van der Waals surface area contributed by atoms with Crippen LogP contribution in [0.25, 0.3) is 32.2 Å². The summed E-state index contributed by atoms with van der Waals surface area (Å²) in [6.07, 6.45) is 3.88. The molecule has 1 saturated heterocycles. The van der Waals surface area contributed by atoms with Gasteiger partial charge >= 0.3 is 0 Å². The largest absolute Gasteiger partial charge is 0.454 e. The summed E-state index contributed by atoms with van der Waals surface area (Å²) in [4.78, 5) is 35.0. The number of nitrogens with one attached hydrogen (secondary N) is 1. The molecule has 2 aliphatic heterocycles. The number of aromatic nitrogens is 2. The van der Waals surface area contributed by atoms with Crippen molar-refractivity contribution in [3.63, 3.8) is 0 Å². The first-order chi connectivity index (χ1) is 21.0. The number of carbonyl (C=O) groups is 2. The Hall–Kier alpha value is -4.41. The van der Waals surface area contributed by atoms with E-state index in [2.05, 4.69) is 51.6 Å². The highest BCUT2D eigenvalue weighted by atomic mass is 32.1. The zero-order valence-corrected chi connectivity index (χ0v) is 24.7. The molecule has 1 saturated carbocycles. The van der Waals surface area contributed by atoms with E-state index in [1.807, 2.05) is 40.9 Å². The minimum Gasteiger partial charge on any atom is -0.454 e. The molecule has 0 spiro atoms. The van der Waals surface area contributed by atoms with Crippen LogP contribution in [0.3, 0.4) is 0 Å². The van der Waals surface area contributed by atoms with Gasteiger partial charge in [-0.05, 0) is 65.9 Å². The topological polar surface area (TPSA) is 88.9 Å². The van der Waals surface area contributed by atoms with E-state index in [-0.39, 0.29) is 24.5 Å². The second kappa shape index (κ2) is 10.4. The van der Waals surface area contributed by atoms with Gasteiger partial charge in [-0.1, -0.05) is 29.5 Å². The third-order valence-corrected chi connectivity index (χ3v) is 9.56. The van der Waals surface area contributed by atoms with Crippen molar-refractivity contribution in [1.82, 2.24) is 19.4 Å². The smallest absolute Gasteiger partial charge is 0.256 e. The van der Waals surface area contributed by atoms with Crippen LogP contribution in [0.5, 0.6) is 11.5 Å². The summed E-state index contributed by atoms with van der Waals surface area (Å²) in [6, 6.07) is 18.6. The molecule has 10 heteroatoms. The van der Waals surface area contributed by atoms with Crippen LogP contribution in [0.2, 0.25) is 0 Å². The van der Waals surface area contributed by atoms with Crippen molar-refractivity contribution < 1.29 is 19.1 Å². The fraction of sp³-hybridized carbons (Fsp3) is 0.303. The van der Waals surface area contributed by atoms with Crippen molar-refractivity contribution in [3.05, 3.63) is 71.9 Å². The van der Waals surface area contributed by atoms with Crippen molar-refractivity contribution in [3.8, 4) is 22.6 Å². The Balaban J connectivity index is 0.991. The van der Waals surface area contributed by atoms with Crippen molar-refractivity contribution in [1.29, 1.82) is 0 Å². The molecule has 4 heterocycles. The van der Waals surface area contributed by atoms with Crippen molar-refractivity contribution in [2.45, 2.75) is 19.4 Å². The molecule has 8 rings (SSSR count). The Labute approximate surface area is 252 Å². The monoisotopic (exact) mass is 593 g/mol. The molecule has 2 aromatic heterocycles. The molecule has 218 valence electrons. The summed E-state index contributed by atoms with van der Waals surface area (Å²) < 4.78 is 14.0. The minimum atomic E-state index is 0.0668. The summed E-state index contributed by atoms with van der Waals surface area (Å²) in [5.41, 5.74) is 5.90. The molecule has 0 atom stereocenters. The molecule has 43 heavy (non-hydrogen) atoms. The zero-order chi connectivity index (χ0) is 29.1. The number of hydrogen-bond acceptors (Lipinski definition) is 7. The Morgan fingerprint density at radius 3 is 2.58 bits per heavy atom. The summed E-state index contributed by atoms with van der Waals surface area (Å²) >= 11 is 1.50. The maximum Gasteiger partial charge on any atom is 0.256 e. The molecule has 1 aliphatic carbocycles. The van der Waals surface area contributed by atoms with Crippen molar-refractivity contribution >= 4 is 49.4 Å². The SMILES string of the molecule is Cn1cc(C(=O)N2CCN(Cc3ccc4c(c3)OCO4)CC2)c2cc(-c3ccc4nc(NC(=O)C5CC5)sc4c3)ccc21. The molecule has 5 aromatic rings. The number of benzene rings is 3. The average molecular weight is 594 g/mol. The van der Waals surface area contributed by atoms with Crippen molar-refractivity contribution in [2.24, 2.45) is 13.0 Å². The van der Waals surface area contributed by atoms with Crippen LogP contribution in [0.4, 0.5) is 5.13 Å². The number of ether oxygens (including phenoxy) is 2. The lowest BCUT2D eigenvalue weighted by molar-refractivity contribution is -0.117. The number of aryl methyl sites for hydroxylation is 1. The molecule has 0 bridgehead atoms. The van der Waals surface area contributed by atoms with Crippen LogP contribution in [0.1, 0.15) is 28.8 Å². The van der Waals surface area contributed by atoms with Crippen LogP contribution in [-0.4, -0.2) is 64.1 Å². The predicted molar refractivity (Wildman–Crippen MR) is 167 cm³/mol. The quantitative estimate of drug-likeness (QED) is 0.280. The van der Waals surface area contributed by atoms with E-state index in [9.17, 15) is 9.59 Å². The molecule has 0 unspecified atom stereocenters. The Bertz CT molecular complexity index is 1900. The second-order valence-electron chi connectivity index (χ2n) is 11.6. The number of rotatable bonds is 6. The molecule has 3 aliphatic rings.